The predicted octanol–water partition coefficient (Wildman–Crippen LogP) is 4.54. The van der Waals surface area contributed by atoms with Gasteiger partial charge in [-0.2, -0.15) is 0 Å². The van der Waals surface area contributed by atoms with Crippen LogP contribution in [0.4, 0.5) is 0 Å². The highest BCUT2D eigenvalue weighted by molar-refractivity contribution is 7.80. The third kappa shape index (κ3) is 4.37. The van der Waals surface area contributed by atoms with Crippen LogP contribution in [0.2, 0.25) is 0 Å². The van der Waals surface area contributed by atoms with Crippen molar-refractivity contribution in [3.63, 3.8) is 0 Å². The van der Waals surface area contributed by atoms with Gasteiger partial charge < -0.3 is 15.4 Å². The minimum absolute atomic E-state index is 0.0241. The van der Waals surface area contributed by atoms with Crippen LogP contribution in [-0.2, 0) is 0 Å². The lowest BCUT2D eigenvalue weighted by Crippen LogP contribution is -2.45. The van der Waals surface area contributed by atoms with Crippen LogP contribution in [0.15, 0.2) is 65.9 Å². The molecule has 1 unspecified atom stereocenters. The fourth-order valence-corrected chi connectivity index (χ4v) is 3.42. The number of carbonyl (C=O) groups is 1. The fraction of sp³-hybridized carbons (Fsp3) is 0.273. The van der Waals surface area contributed by atoms with E-state index in [4.69, 9.17) is 17.0 Å². The van der Waals surface area contributed by atoms with Crippen molar-refractivity contribution in [2.45, 2.75) is 32.7 Å². The molecule has 0 radical (unpaired) electrons. The molecule has 1 atom stereocenters. The number of ketones is 1. The molecule has 5 heteroatoms. The summed E-state index contributed by atoms with van der Waals surface area (Å²) < 4.78 is 6.00. The lowest BCUT2D eigenvalue weighted by Gasteiger charge is -2.31. The van der Waals surface area contributed by atoms with Crippen molar-refractivity contribution >= 4 is 23.1 Å². The SMILES string of the molecule is CCCCOc1ccccc1C1NC(=S)NC(C)=C1C(=O)c1ccccc1. The first kappa shape index (κ1) is 19.1. The van der Waals surface area contributed by atoms with Crippen LogP contribution < -0.4 is 15.4 Å². The number of thiocarbonyl (C=S) groups is 1. The average molecular weight is 381 g/mol. The smallest absolute Gasteiger partial charge is 0.193 e. The average Bonchev–Trinajstić information content (AvgIpc) is 2.68. The second-order valence-electron chi connectivity index (χ2n) is 6.51. The normalized spacial score (nSPS) is 16.5. The van der Waals surface area contributed by atoms with Gasteiger partial charge in [-0.25, -0.2) is 0 Å². The Kier molecular flexibility index (Phi) is 6.24. The number of ether oxygens (including phenoxy) is 1. The van der Waals surface area contributed by atoms with Gasteiger partial charge in [0.1, 0.15) is 5.75 Å². The Hall–Kier alpha value is -2.66. The Morgan fingerprint density at radius 2 is 1.81 bits per heavy atom. The quantitative estimate of drug-likeness (QED) is 0.420. The van der Waals surface area contributed by atoms with Gasteiger partial charge >= 0.3 is 0 Å². The predicted molar refractivity (Wildman–Crippen MR) is 112 cm³/mol. The zero-order valence-corrected chi connectivity index (χ0v) is 16.4. The Labute approximate surface area is 165 Å². The number of hydrogen-bond acceptors (Lipinski definition) is 3. The van der Waals surface area contributed by atoms with E-state index in [2.05, 4.69) is 17.6 Å². The van der Waals surface area contributed by atoms with Gasteiger partial charge in [-0.15, -0.1) is 0 Å². The summed E-state index contributed by atoms with van der Waals surface area (Å²) in [5, 5.41) is 6.85. The monoisotopic (exact) mass is 380 g/mol. The summed E-state index contributed by atoms with van der Waals surface area (Å²) in [7, 11) is 0. The molecule has 0 bridgehead atoms. The van der Waals surface area contributed by atoms with Crippen molar-refractivity contribution in [1.29, 1.82) is 0 Å². The zero-order chi connectivity index (χ0) is 19.2. The van der Waals surface area contributed by atoms with Crippen LogP contribution in [0, 0.1) is 0 Å². The lowest BCUT2D eigenvalue weighted by atomic mass is 9.89. The minimum Gasteiger partial charge on any atom is -0.493 e. The summed E-state index contributed by atoms with van der Waals surface area (Å²) >= 11 is 5.36. The number of hydrogen-bond donors (Lipinski definition) is 2. The number of Topliss-reactive ketones (excluding diaryl/α,β-unsaturated/α-hetero) is 1. The van der Waals surface area contributed by atoms with Gasteiger partial charge in [0.15, 0.2) is 10.9 Å². The Morgan fingerprint density at radius 1 is 1.11 bits per heavy atom. The number of benzene rings is 2. The van der Waals surface area contributed by atoms with Gasteiger partial charge in [-0.05, 0) is 31.6 Å². The summed E-state index contributed by atoms with van der Waals surface area (Å²) in [5.74, 6) is 0.753. The molecule has 0 saturated heterocycles. The third-order valence-electron chi connectivity index (χ3n) is 4.54. The molecule has 1 aliphatic rings. The van der Waals surface area contributed by atoms with Crippen LogP contribution in [0.1, 0.15) is 48.7 Å². The van der Waals surface area contributed by atoms with E-state index in [9.17, 15) is 4.79 Å². The summed E-state index contributed by atoms with van der Waals surface area (Å²) in [6, 6.07) is 16.8. The van der Waals surface area contributed by atoms with Crippen molar-refractivity contribution < 1.29 is 9.53 Å². The molecule has 27 heavy (non-hydrogen) atoms. The molecule has 1 heterocycles. The number of nitrogens with one attached hydrogen (secondary N) is 2. The topological polar surface area (TPSA) is 50.4 Å². The summed E-state index contributed by atoms with van der Waals surface area (Å²) in [5.41, 5.74) is 2.98. The number of para-hydroxylation sites is 1. The Morgan fingerprint density at radius 3 is 2.56 bits per heavy atom. The van der Waals surface area contributed by atoms with Crippen molar-refractivity contribution in [1.82, 2.24) is 10.6 Å². The van der Waals surface area contributed by atoms with Crippen LogP contribution in [0.25, 0.3) is 0 Å². The molecule has 140 valence electrons. The first-order chi connectivity index (χ1) is 13.1. The maximum absolute atomic E-state index is 13.3. The minimum atomic E-state index is -0.357. The van der Waals surface area contributed by atoms with Gasteiger partial charge in [0, 0.05) is 22.4 Å². The van der Waals surface area contributed by atoms with Gasteiger partial charge in [0.25, 0.3) is 0 Å². The van der Waals surface area contributed by atoms with Crippen molar-refractivity contribution in [2.24, 2.45) is 0 Å². The van der Waals surface area contributed by atoms with E-state index in [-0.39, 0.29) is 11.8 Å². The Bertz CT molecular complexity index is 862. The summed E-state index contributed by atoms with van der Waals surface area (Å²) in [6.45, 7) is 4.66. The molecule has 3 rings (SSSR count). The molecule has 0 aromatic heterocycles. The van der Waals surface area contributed by atoms with Crippen molar-refractivity contribution in [3.05, 3.63) is 77.0 Å². The van der Waals surface area contributed by atoms with Crippen molar-refractivity contribution in [2.75, 3.05) is 6.61 Å². The molecule has 0 amide bonds. The maximum atomic E-state index is 13.3. The molecule has 0 fully saturated rings. The summed E-state index contributed by atoms with van der Waals surface area (Å²) in [4.78, 5) is 13.3. The molecule has 1 aliphatic heterocycles. The first-order valence-corrected chi connectivity index (χ1v) is 9.62. The molecule has 0 aliphatic carbocycles. The van der Waals surface area contributed by atoms with Gasteiger partial charge in [-0.3, -0.25) is 4.79 Å². The number of allylic oxidation sites excluding steroid dienone is 1. The highest BCUT2D eigenvalue weighted by Gasteiger charge is 2.32. The zero-order valence-electron chi connectivity index (χ0n) is 15.6. The third-order valence-corrected chi connectivity index (χ3v) is 4.76. The van der Waals surface area contributed by atoms with Crippen LogP contribution in [0.5, 0.6) is 5.75 Å². The summed E-state index contributed by atoms with van der Waals surface area (Å²) in [6.07, 6.45) is 2.05. The number of carbonyl (C=O) groups excluding carboxylic acids is 1. The van der Waals surface area contributed by atoms with Crippen LogP contribution in [0.3, 0.4) is 0 Å². The number of rotatable bonds is 7. The first-order valence-electron chi connectivity index (χ1n) is 9.21. The molecule has 0 saturated carbocycles. The van der Waals surface area contributed by atoms with Crippen molar-refractivity contribution in [3.8, 4) is 5.75 Å². The van der Waals surface area contributed by atoms with E-state index < -0.39 is 0 Å². The van der Waals surface area contributed by atoms with Gasteiger partial charge in [0.05, 0.1) is 12.6 Å². The second-order valence-corrected chi connectivity index (χ2v) is 6.91. The molecule has 2 N–H and O–H groups in total. The Balaban J connectivity index is 2.01. The van der Waals surface area contributed by atoms with Gasteiger partial charge in [0.2, 0.25) is 0 Å². The second kappa shape index (κ2) is 8.82. The maximum Gasteiger partial charge on any atom is 0.193 e. The standard InChI is InChI=1S/C22H24N2O2S/c1-3-4-14-26-18-13-9-8-12-17(18)20-19(15(2)23-22(27)24-20)21(25)16-10-6-5-7-11-16/h5-13,20H,3-4,14H2,1-2H3,(H2,23,24,27). The van der Waals surface area contributed by atoms with E-state index in [1.807, 2.05) is 61.5 Å². The van der Waals surface area contributed by atoms with Crippen LogP contribution >= 0.6 is 12.2 Å². The molecule has 2 aromatic carbocycles. The van der Waals surface area contributed by atoms with E-state index in [0.29, 0.717) is 22.9 Å². The molecule has 4 nitrogen and oxygen atoms in total. The lowest BCUT2D eigenvalue weighted by molar-refractivity contribution is 0.102. The van der Waals surface area contributed by atoms with E-state index in [1.165, 1.54) is 0 Å². The number of unbranched alkanes of at least 4 members (excludes halogenated alkanes) is 1. The molecular weight excluding hydrogens is 356 g/mol. The molecule has 0 spiro atoms. The van der Waals surface area contributed by atoms with Crippen LogP contribution in [-0.4, -0.2) is 17.5 Å². The van der Waals surface area contributed by atoms with Gasteiger partial charge in [-0.1, -0.05) is 61.9 Å². The fourth-order valence-electron chi connectivity index (χ4n) is 3.15. The highest BCUT2D eigenvalue weighted by Crippen LogP contribution is 2.34. The van der Waals surface area contributed by atoms with E-state index in [1.54, 1.807) is 0 Å². The largest absolute Gasteiger partial charge is 0.493 e. The van der Waals surface area contributed by atoms with E-state index >= 15 is 0 Å². The molecular formula is C22H24N2O2S. The van der Waals surface area contributed by atoms with E-state index in [0.717, 1.165) is 29.9 Å². The molecule has 2 aromatic rings. The highest BCUT2D eigenvalue weighted by atomic mass is 32.1.